The zero-order valence-electron chi connectivity index (χ0n) is 15.5. The summed E-state index contributed by atoms with van der Waals surface area (Å²) in [4.78, 5) is 26.6. The van der Waals surface area contributed by atoms with Crippen molar-refractivity contribution in [3.8, 4) is 0 Å². The number of amides is 2. The summed E-state index contributed by atoms with van der Waals surface area (Å²) >= 11 is 0. The smallest absolute Gasteiger partial charge is 0.251 e. The summed E-state index contributed by atoms with van der Waals surface area (Å²) in [7, 11) is 0. The van der Waals surface area contributed by atoms with E-state index in [9.17, 15) is 9.59 Å². The Kier molecular flexibility index (Phi) is 6.44. The molecule has 6 nitrogen and oxygen atoms in total. The maximum Gasteiger partial charge on any atom is 0.251 e. The molecular formula is C21H25N3O3. The van der Waals surface area contributed by atoms with Gasteiger partial charge in [0.15, 0.2) is 0 Å². The molecule has 1 unspecified atom stereocenters. The lowest BCUT2D eigenvalue weighted by Gasteiger charge is -2.28. The highest BCUT2D eigenvalue weighted by Crippen LogP contribution is 2.19. The van der Waals surface area contributed by atoms with Crippen LogP contribution in [0, 0.1) is 0 Å². The van der Waals surface area contributed by atoms with E-state index in [1.165, 1.54) is 0 Å². The third-order valence-electron chi connectivity index (χ3n) is 4.43. The fourth-order valence-electron chi connectivity index (χ4n) is 3.01. The third-order valence-corrected chi connectivity index (χ3v) is 4.43. The van der Waals surface area contributed by atoms with E-state index in [-0.39, 0.29) is 24.3 Å². The van der Waals surface area contributed by atoms with E-state index in [2.05, 4.69) is 15.5 Å². The molecule has 2 aromatic carbocycles. The van der Waals surface area contributed by atoms with Crippen molar-refractivity contribution in [1.82, 2.24) is 5.32 Å². The molecule has 1 saturated heterocycles. The molecule has 0 radical (unpaired) electrons. The van der Waals surface area contributed by atoms with E-state index in [0.29, 0.717) is 5.56 Å². The Bertz CT molecular complexity index is 756. The van der Waals surface area contributed by atoms with Crippen molar-refractivity contribution in [2.45, 2.75) is 19.4 Å². The van der Waals surface area contributed by atoms with E-state index in [1.54, 1.807) is 12.1 Å². The Morgan fingerprint density at radius 2 is 1.70 bits per heavy atom. The van der Waals surface area contributed by atoms with Gasteiger partial charge in [-0.15, -0.1) is 0 Å². The number of nitrogens with zero attached hydrogens (tertiary/aromatic N) is 1. The number of benzene rings is 2. The van der Waals surface area contributed by atoms with Gasteiger partial charge in [0, 0.05) is 42.5 Å². The van der Waals surface area contributed by atoms with Crippen LogP contribution in [0.25, 0.3) is 0 Å². The molecule has 1 atom stereocenters. The second-order valence-electron chi connectivity index (χ2n) is 6.64. The van der Waals surface area contributed by atoms with Crippen molar-refractivity contribution >= 4 is 23.2 Å². The number of carbonyl (C=O) groups is 2. The molecule has 27 heavy (non-hydrogen) atoms. The molecule has 1 fully saturated rings. The van der Waals surface area contributed by atoms with Gasteiger partial charge in [0.2, 0.25) is 5.91 Å². The summed E-state index contributed by atoms with van der Waals surface area (Å²) in [5.41, 5.74) is 2.46. The minimum atomic E-state index is -0.259. The Morgan fingerprint density at radius 3 is 2.37 bits per heavy atom. The molecule has 3 rings (SSSR count). The van der Waals surface area contributed by atoms with Gasteiger partial charge in [-0.05, 0) is 43.3 Å². The summed E-state index contributed by atoms with van der Waals surface area (Å²) in [6.07, 6.45) is 0.212. The van der Waals surface area contributed by atoms with Gasteiger partial charge in [-0.1, -0.05) is 18.2 Å². The van der Waals surface area contributed by atoms with Crippen molar-refractivity contribution in [2.75, 3.05) is 36.5 Å². The molecule has 2 amide bonds. The van der Waals surface area contributed by atoms with E-state index in [0.717, 1.165) is 37.7 Å². The molecule has 1 aliphatic heterocycles. The van der Waals surface area contributed by atoms with Crippen LogP contribution in [-0.4, -0.2) is 44.2 Å². The van der Waals surface area contributed by atoms with Crippen LogP contribution >= 0.6 is 0 Å². The Morgan fingerprint density at radius 1 is 1.04 bits per heavy atom. The molecule has 0 bridgehead atoms. The molecular weight excluding hydrogens is 342 g/mol. The monoisotopic (exact) mass is 367 g/mol. The minimum absolute atomic E-state index is 0.130. The Labute approximate surface area is 159 Å². The van der Waals surface area contributed by atoms with Crippen LogP contribution < -0.4 is 15.5 Å². The summed E-state index contributed by atoms with van der Waals surface area (Å²) < 4.78 is 5.36. The van der Waals surface area contributed by atoms with Crippen LogP contribution in [0.3, 0.4) is 0 Å². The SMILES string of the molecule is CC(CC(=O)Nc1ccc(N2CCOCC2)cc1)NC(=O)c1ccccc1. The fourth-order valence-corrected chi connectivity index (χ4v) is 3.01. The highest BCUT2D eigenvalue weighted by molar-refractivity contribution is 5.95. The summed E-state index contributed by atoms with van der Waals surface area (Å²) in [6, 6.07) is 16.5. The highest BCUT2D eigenvalue weighted by atomic mass is 16.5. The van der Waals surface area contributed by atoms with Gasteiger partial charge >= 0.3 is 0 Å². The number of anilines is 2. The van der Waals surface area contributed by atoms with Crippen molar-refractivity contribution < 1.29 is 14.3 Å². The largest absolute Gasteiger partial charge is 0.378 e. The average Bonchev–Trinajstić information content (AvgIpc) is 2.69. The number of ether oxygens (including phenoxy) is 1. The van der Waals surface area contributed by atoms with Gasteiger partial charge < -0.3 is 20.3 Å². The third kappa shape index (κ3) is 5.56. The number of carbonyl (C=O) groups excluding carboxylic acids is 2. The van der Waals surface area contributed by atoms with Gasteiger partial charge in [-0.25, -0.2) is 0 Å². The normalized spacial score (nSPS) is 15.1. The molecule has 1 heterocycles. The fraction of sp³-hybridized carbons (Fsp3) is 0.333. The van der Waals surface area contributed by atoms with Gasteiger partial charge in [0.1, 0.15) is 0 Å². The standard InChI is InChI=1S/C21H25N3O3/c1-16(22-21(26)17-5-3-2-4-6-17)15-20(25)23-18-7-9-19(10-8-18)24-11-13-27-14-12-24/h2-10,16H,11-15H2,1H3,(H,22,26)(H,23,25). The quantitative estimate of drug-likeness (QED) is 0.824. The van der Waals surface area contributed by atoms with Gasteiger partial charge in [0.25, 0.3) is 5.91 Å². The molecule has 0 spiro atoms. The van der Waals surface area contributed by atoms with E-state index in [4.69, 9.17) is 4.74 Å². The van der Waals surface area contributed by atoms with Crippen LogP contribution in [0.2, 0.25) is 0 Å². The predicted octanol–water partition coefficient (Wildman–Crippen LogP) is 2.67. The first kappa shape index (κ1) is 18.9. The van der Waals surface area contributed by atoms with Gasteiger partial charge in [0.05, 0.1) is 13.2 Å². The van der Waals surface area contributed by atoms with Gasteiger partial charge in [-0.3, -0.25) is 9.59 Å². The molecule has 6 heteroatoms. The molecule has 0 aliphatic carbocycles. The number of rotatable bonds is 6. The Hall–Kier alpha value is -2.86. The van der Waals surface area contributed by atoms with Crippen LogP contribution in [-0.2, 0) is 9.53 Å². The number of hydrogen-bond acceptors (Lipinski definition) is 4. The lowest BCUT2D eigenvalue weighted by Crippen LogP contribution is -2.36. The zero-order valence-corrected chi connectivity index (χ0v) is 15.5. The lowest BCUT2D eigenvalue weighted by molar-refractivity contribution is -0.116. The van der Waals surface area contributed by atoms with E-state index >= 15 is 0 Å². The molecule has 0 saturated carbocycles. The van der Waals surface area contributed by atoms with Crippen molar-refractivity contribution in [3.05, 3.63) is 60.2 Å². The maximum atomic E-state index is 12.2. The van der Waals surface area contributed by atoms with Crippen LogP contribution in [0.15, 0.2) is 54.6 Å². The number of nitrogens with one attached hydrogen (secondary N) is 2. The van der Waals surface area contributed by atoms with E-state index < -0.39 is 0 Å². The van der Waals surface area contributed by atoms with Crippen molar-refractivity contribution in [3.63, 3.8) is 0 Å². The topological polar surface area (TPSA) is 70.7 Å². The first-order valence-corrected chi connectivity index (χ1v) is 9.20. The molecule has 0 aromatic heterocycles. The second-order valence-corrected chi connectivity index (χ2v) is 6.64. The zero-order chi connectivity index (χ0) is 19.1. The summed E-state index contributed by atoms with van der Waals surface area (Å²) in [5.74, 6) is -0.305. The van der Waals surface area contributed by atoms with Crippen molar-refractivity contribution in [1.29, 1.82) is 0 Å². The van der Waals surface area contributed by atoms with Gasteiger partial charge in [-0.2, -0.15) is 0 Å². The predicted molar refractivity (Wildman–Crippen MR) is 106 cm³/mol. The minimum Gasteiger partial charge on any atom is -0.378 e. The van der Waals surface area contributed by atoms with E-state index in [1.807, 2.05) is 49.4 Å². The van der Waals surface area contributed by atoms with Crippen LogP contribution in [0.1, 0.15) is 23.7 Å². The lowest BCUT2D eigenvalue weighted by atomic mass is 10.1. The maximum absolute atomic E-state index is 12.2. The summed E-state index contributed by atoms with van der Waals surface area (Å²) in [5, 5.41) is 5.73. The van der Waals surface area contributed by atoms with Crippen molar-refractivity contribution in [2.24, 2.45) is 0 Å². The van der Waals surface area contributed by atoms with Crippen LogP contribution in [0.4, 0.5) is 11.4 Å². The molecule has 2 aromatic rings. The average molecular weight is 367 g/mol. The molecule has 142 valence electrons. The highest BCUT2D eigenvalue weighted by Gasteiger charge is 2.14. The molecule has 2 N–H and O–H groups in total. The summed E-state index contributed by atoms with van der Waals surface area (Å²) in [6.45, 7) is 5.06. The number of hydrogen-bond donors (Lipinski definition) is 2. The number of morpholine rings is 1. The second kappa shape index (κ2) is 9.19. The van der Waals surface area contributed by atoms with Crippen LogP contribution in [0.5, 0.6) is 0 Å². The Balaban J connectivity index is 1.47. The first-order chi connectivity index (χ1) is 13.1. The molecule has 1 aliphatic rings. The first-order valence-electron chi connectivity index (χ1n) is 9.20.